The first-order valence-corrected chi connectivity index (χ1v) is 6.51. The van der Waals surface area contributed by atoms with E-state index in [1.54, 1.807) is 0 Å². The van der Waals surface area contributed by atoms with Crippen molar-refractivity contribution >= 4 is 11.7 Å². The summed E-state index contributed by atoms with van der Waals surface area (Å²) in [6.07, 6.45) is 4.05. The Kier molecular flexibility index (Phi) is 4.14. The van der Waals surface area contributed by atoms with Crippen molar-refractivity contribution in [2.24, 2.45) is 5.92 Å². The lowest BCUT2D eigenvalue weighted by molar-refractivity contribution is -0.384. The fourth-order valence-corrected chi connectivity index (χ4v) is 2.42. The van der Waals surface area contributed by atoms with Crippen LogP contribution in [0.4, 0.5) is 5.69 Å². The molecule has 0 radical (unpaired) electrons. The summed E-state index contributed by atoms with van der Waals surface area (Å²) in [6.45, 7) is 2.16. The van der Waals surface area contributed by atoms with Crippen molar-refractivity contribution in [2.45, 2.75) is 38.7 Å². The van der Waals surface area contributed by atoms with Gasteiger partial charge >= 0.3 is 5.97 Å². The first-order valence-electron chi connectivity index (χ1n) is 6.51. The van der Waals surface area contributed by atoms with Crippen LogP contribution in [-0.4, -0.2) is 17.0 Å². The first-order chi connectivity index (χ1) is 9.06. The summed E-state index contributed by atoms with van der Waals surface area (Å²) in [4.78, 5) is 21.9. The van der Waals surface area contributed by atoms with Crippen LogP contribution in [0, 0.1) is 16.0 Å². The molecule has 5 nitrogen and oxygen atoms in total. The summed E-state index contributed by atoms with van der Waals surface area (Å²) < 4.78 is 5.44. The van der Waals surface area contributed by atoms with Gasteiger partial charge in [0.25, 0.3) is 5.69 Å². The number of non-ortho nitro benzene ring substituents is 1. The minimum absolute atomic E-state index is 0.0218. The SMILES string of the molecule is C[C@H]1CCC[C@@H](OC(=O)c2ccc([N+](=O)[O-])cc2)C1. The van der Waals surface area contributed by atoms with E-state index in [9.17, 15) is 14.9 Å². The second-order valence-corrected chi connectivity index (χ2v) is 5.10. The number of nitro groups is 1. The van der Waals surface area contributed by atoms with E-state index in [1.807, 2.05) is 0 Å². The van der Waals surface area contributed by atoms with Crippen LogP contribution in [0.5, 0.6) is 0 Å². The number of rotatable bonds is 3. The van der Waals surface area contributed by atoms with Gasteiger partial charge in [-0.2, -0.15) is 0 Å². The second kappa shape index (κ2) is 5.82. The maximum Gasteiger partial charge on any atom is 0.338 e. The number of hydrogen-bond donors (Lipinski definition) is 0. The van der Waals surface area contributed by atoms with Gasteiger partial charge in [-0.25, -0.2) is 4.79 Å². The highest BCUT2D eigenvalue weighted by Gasteiger charge is 2.22. The minimum atomic E-state index is -0.488. The molecule has 0 unspecified atom stereocenters. The smallest absolute Gasteiger partial charge is 0.338 e. The molecule has 0 heterocycles. The summed E-state index contributed by atoms with van der Waals surface area (Å²) >= 11 is 0. The summed E-state index contributed by atoms with van der Waals surface area (Å²) in [5.74, 6) is 0.192. The number of hydrogen-bond acceptors (Lipinski definition) is 4. The Labute approximate surface area is 111 Å². The summed E-state index contributed by atoms with van der Waals surface area (Å²) in [6, 6.07) is 5.51. The Morgan fingerprint density at radius 1 is 1.32 bits per heavy atom. The molecule has 0 aromatic heterocycles. The van der Waals surface area contributed by atoms with Crippen LogP contribution in [0.2, 0.25) is 0 Å². The zero-order chi connectivity index (χ0) is 13.8. The van der Waals surface area contributed by atoms with Crippen LogP contribution in [0.1, 0.15) is 43.0 Å². The van der Waals surface area contributed by atoms with Gasteiger partial charge in [0, 0.05) is 12.1 Å². The van der Waals surface area contributed by atoms with Crippen LogP contribution in [-0.2, 0) is 4.74 Å². The predicted molar refractivity (Wildman–Crippen MR) is 69.9 cm³/mol. The number of benzene rings is 1. The molecular weight excluding hydrogens is 246 g/mol. The lowest BCUT2D eigenvalue weighted by Gasteiger charge is -2.26. The Morgan fingerprint density at radius 2 is 2.00 bits per heavy atom. The highest BCUT2D eigenvalue weighted by molar-refractivity contribution is 5.89. The molecule has 1 aliphatic carbocycles. The van der Waals surface area contributed by atoms with Crippen LogP contribution in [0.15, 0.2) is 24.3 Å². The lowest BCUT2D eigenvalue weighted by Crippen LogP contribution is -2.24. The number of esters is 1. The molecule has 0 amide bonds. The largest absolute Gasteiger partial charge is 0.459 e. The fraction of sp³-hybridized carbons (Fsp3) is 0.500. The van der Waals surface area contributed by atoms with Gasteiger partial charge in [-0.3, -0.25) is 10.1 Å². The van der Waals surface area contributed by atoms with Crippen LogP contribution in [0.25, 0.3) is 0 Å². The van der Waals surface area contributed by atoms with Gasteiger partial charge in [0.2, 0.25) is 0 Å². The molecule has 2 rings (SSSR count). The van der Waals surface area contributed by atoms with Crippen LogP contribution in [0.3, 0.4) is 0 Å². The Hall–Kier alpha value is -1.91. The molecule has 0 N–H and O–H groups in total. The molecule has 0 aliphatic heterocycles. The third kappa shape index (κ3) is 3.53. The van der Waals surface area contributed by atoms with Crippen molar-refractivity contribution in [3.63, 3.8) is 0 Å². The van der Waals surface area contributed by atoms with Crippen molar-refractivity contribution < 1.29 is 14.5 Å². The fourth-order valence-electron chi connectivity index (χ4n) is 2.42. The minimum Gasteiger partial charge on any atom is -0.459 e. The Balaban J connectivity index is 1.97. The molecule has 1 aliphatic rings. The van der Waals surface area contributed by atoms with E-state index in [0.717, 1.165) is 19.3 Å². The van der Waals surface area contributed by atoms with Crippen molar-refractivity contribution in [3.05, 3.63) is 39.9 Å². The monoisotopic (exact) mass is 263 g/mol. The van der Waals surface area contributed by atoms with Crippen molar-refractivity contribution in [1.29, 1.82) is 0 Å². The van der Waals surface area contributed by atoms with E-state index in [1.165, 1.54) is 30.7 Å². The highest BCUT2D eigenvalue weighted by atomic mass is 16.6. The molecule has 5 heteroatoms. The average molecular weight is 263 g/mol. The van der Waals surface area contributed by atoms with Crippen molar-refractivity contribution in [1.82, 2.24) is 0 Å². The highest BCUT2D eigenvalue weighted by Crippen LogP contribution is 2.26. The van der Waals surface area contributed by atoms with Crippen LogP contribution >= 0.6 is 0 Å². The average Bonchev–Trinajstić information content (AvgIpc) is 2.39. The van der Waals surface area contributed by atoms with Gasteiger partial charge < -0.3 is 4.74 Å². The number of carbonyl (C=O) groups excluding carboxylic acids is 1. The van der Waals surface area contributed by atoms with Crippen molar-refractivity contribution in [3.8, 4) is 0 Å². The summed E-state index contributed by atoms with van der Waals surface area (Å²) in [5.41, 5.74) is 0.340. The van der Waals surface area contributed by atoms with Gasteiger partial charge in [-0.1, -0.05) is 13.3 Å². The maximum absolute atomic E-state index is 11.9. The lowest BCUT2D eigenvalue weighted by atomic mass is 9.89. The number of nitro benzene ring substituents is 1. The Morgan fingerprint density at radius 3 is 2.58 bits per heavy atom. The quantitative estimate of drug-likeness (QED) is 0.476. The molecule has 1 saturated carbocycles. The third-order valence-electron chi connectivity index (χ3n) is 3.48. The maximum atomic E-state index is 11.9. The Bertz CT molecular complexity index is 469. The number of carbonyl (C=O) groups is 1. The number of nitrogens with zero attached hydrogens (tertiary/aromatic N) is 1. The molecule has 1 aromatic carbocycles. The van der Waals surface area contributed by atoms with E-state index in [4.69, 9.17) is 4.74 Å². The molecule has 19 heavy (non-hydrogen) atoms. The van der Waals surface area contributed by atoms with Gasteiger partial charge in [0.05, 0.1) is 10.5 Å². The first kappa shape index (κ1) is 13.5. The summed E-state index contributed by atoms with van der Waals surface area (Å²) in [7, 11) is 0. The number of ether oxygens (including phenoxy) is 1. The second-order valence-electron chi connectivity index (χ2n) is 5.10. The molecule has 0 bridgehead atoms. The van der Waals surface area contributed by atoms with E-state index < -0.39 is 10.9 Å². The molecule has 0 saturated heterocycles. The zero-order valence-electron chi connectivity index (χ0n) is 10.9. The third-order valence-corrected chi connectivity index (χ3v) is 3.48. The van der Waals surface area contributed by atoms with Gasteiger partial charge in [0.15, 0.2) is 0 Å². The topological polar surface area (TPSA) is 69.4 Å². The predicted octanol–water partition coefficient (Wildman–Crippen LogP) is 3.33. The normalized spacial score (nSPS) is 22.8. The molecule has 2 atom stereocenters. The van der Waals surface area contributed by atoms with Gasteiger partial charge in [-0.15, -0.1) is 0 Å². The van der Waals surface area contributed by atoms with Gasteiger partial charge in [0.1, 0.15) is 6.10 Å². The molecule has 1 aromatic rings. The molecule has 102 valence electrons. The van der Waals surface area contributed by atoms with Gasteiger partial charge in [-0.05, 0) is 37.3 Å². The standard InChI is InChI=1S/C14H17NO4/c1-10-3-2-4-13(9-10)19-14(16)11-5-7-12(8-6-11)15(17)18/h5-8,10,13H,2-4,9H2,1H3/t10-,13+/m0/s1. The molecular formula is C14H17NO4. The van der Waals surface area contributed by atoms with E-state index in [2.05, 4.69) is 6.92 Å². The van der Waals surface area contributed by atoms with Crippen molar-refractivity contribution in [2.75, 3.05) is 0 Å². The molecule has 0 spiro atoms. The van der Waals surface area contributed by atoms with Crippen LogP contribution < -0.4 is 0 Å². The molecule has 1 fully saturated rings. The van der Waals surface area contributed by atoms with E-state index in [0.29, 0.717) is 11.5 Å². The van der Waals surface area contributed by atoms with E-state index >= 15 is 0 Å². The summed E-state index contributed by atoms with van der Waals surface area (Å²) in [5, 5.41) is 10.5. The van der Waals surface area contributed by atoms with E-state index in [-0.39, 0.29) is 11.8 Å². The zero-order valence-corrected chi connectivity index (χ0v) is 10.9.